The minimum atomic E-state index is -0.323. The number of rotatable bonds is 10. The van der Waals surface area contributed by atoms with E-state index >= 15 is 0 Å². The number of nitrogens with one attached hydrogen (secondary N) is 2. The SMILES string of the molecule is CCOCCCNC(=O)c1ccccc1NC(=O)c1ccccc1OCC. The Morgan fingerprint density at radius 3 is 2.33 bits per heavy atom. The first-order valence-corrected chi connectivity index (χ1v) is 9.15. The van der Waals surface area contributed by atoms with Crippen molar-refractivity contribution < 1.29 is 19.1 Å². The molecule has 2 amide bonds. The molecule has 2 aromatic carbocycles. The molecule has 0 saturated heterocycles. The van der Waals surface area contributed by atoms with Gasteiger partial charge in [-0.2, -0.15) is 0 Å². The van der Waals surface area contributed by atoms with Crippen LogP contribution < -0.4 is 15.4 Å². The fourth-order valence-electron chi connectivity index (χ4n) is 2.53. The molecule has 0 aliphatic rings. The standard InChI is InChI=1S/C21H26N2O4/c1-3-26-15-9-14-22-20(24)16-10-5-7-12-18(16)23-21(25)17-11-6-8-13-19(17)27-4-2/h5-8,10-13H,3-4,9,14-15H2,1-2H3,(H,22,24)(H,23,25). The van der Waals surface area contributed by atoms with Gasteiger partial charge in [0, 0.05) is 19.8 Å². The summed E-state index contributed by atoms with van der Waals surface area (Å²) in [5.41, 5.74) is 1.29. The molecule has 2 N–H and O–H groups in total. The van der Waals surface area contributed by atoms with Crippen LogP contribution in [0.5, 0.6) is 5.75 Å². The van der Waals surface area contributed by atoms with E-state index in [4.69, 9.17) is 9.47 Å². The van der Waals surface area contributed by atoms with E-state index < -0.39 is 0 Å². The molecule has 144 valence electrons. The molecule has 6 heteroatoms. The number of carbonyl (C=O) groups is 2. The number of amides is 2. The summed E-state index contributed by atoms with van der Waals surface area (Å²) in [7, 11) is 0. The van der Waals surface area contributed by atoms with Gasteiger partial charge in [0.2, 0.25) is 0 Å². The molecule has 0 heterocycles. The van der Waals surface area contributed by atoms with Gasteiger partial charge in [-0.15, -0.1) is 0 Å². The van der Waals surface area contributed by atoms with Crippen LogP contribution in [0.1, 0.15) is 41.0 Å². The van der Waals surface area contributed by atoms with Crippen LogP contribution >= 0.6 is 0 Å². The van der Waals surface area contributed by atoms with Crippen LogP contribution in [0.25, 0.3) is 0 Å². The second-order valence-corrected chi connectivity index (χ2v) is 5.74. The van der Waals surface area contributed by atoms with Crippen molar-refractivity contribution >= 4 is 17.5 Å². The maximum atomic E-state index is 12.7. The van der Waals surface area contributed by atoms with Gasteiger partial charge in [0.1, 0.15) is 5.75 Å². The van der Waals surface area contributed by atoms with Crippen LogP contribution in [0.3, 0.4) is 0 Å². The molecule has 0 saturated carbocycles. The average Bonchev–Trinajstić information content (AvgIpc) is 2.68. The van der Waals surface area contributed by atoms with Gasteiger partial charge in [-0.25, -0.2) is 0 Å². The van der Waals surface area contributed by atoms with Crippen molar-refractivity contribution in [2.24, 2.45) is 0 Å². The van der Waals surface area contributed by atoms with Crippen molar-refractivity contribution in [1.82, 2.24) is 5.32 Å². The first-order chi connectivity index (χ1) is 13.2. The summed E-state index contributed by atoms with van der Waals surface area (Å²) in [5.74, 6) is -0.0495. The summed E-state index contributed by atoms with van der Waals surface area (Å²) in [6.45, 7) is 6.02. The van der Waals surface area contributed by atoms with E-state index in [0.29, 0.717) is 48.9 Å². The van der Waals surface area contributed by atoms with E-state index in [0.717, 1.165) is 6.42 Å². The van der Waals surface area contributed by atoms with E-state index in [1.54, 1.807) is 42.5 Å². The Balaban J connectivity index is 2.07. The van der Waals surface area contributed by atoms with Crippen molar-refractivity contribution in [2.75, 3.05) is 31.7 Å². The van der Waals surface area contributed by atoms with Gasteiger partial charge in [-0.3, -0.25) is 9.59 Å². The van der Waals surface area contributed by atoms with Crippen molar-refractivity contribution in [3.8, 4) is 5.75 Å². The van der Waals surface area contributed by atoms with Crippen LogP contribution in [0.2, 0.25) is 0 Å². The summed E-state index contributed by atoms with van der Waals surface area (Å²) in [6.07, 6.45) is 0.732. The summed E-state index contributed by atoms with van der Waals surface area (Å²) in [6, 6.07) is 13.9. The number of ether oxygens (including phenoxy) is 2. The summed E-state index contributed by atoms with van der Waals surface area (Å²) < 4.78 is 10.8. The van der Waals surface area contributed by atoms with Gasteiger partial charge < -0.3 is 20.1 Å². The Labute approximate surface area is 159 Å². The molecule has 0 radical (unpaired) electrons. The number of hydrogen-bond acceptors (Lipinski definition) is 4. The Hall–Kier alpha value is -2.86. The van der Waals surface area contributed by atoms with Gasteiger partial charge in [0.25, 0.3) is 11.8 Å². The monoisotopic (exact) mass is 370 g/mol. The molecular formula is C21H26N2O4. The molecule has 0 aromatic heterocycles. The van der Waals surface area contributed by atoms with Crippen molar-refractivity contribution in [3.05, 3.63) is 59.7 Å². The lowest BCUT2D eigenvalue weighted by Gasteiger charge is -2.13. The first kappa shape index (κ1) is 20.5. The normalized spacial score (nSPS) is 10.3. The van der Waals surface area contributed by atoms with Gasteiger partial charge in [0.15, 0.2) is 0 Å². The lowest BCUT2D eigenvalue weighted by molar-refractivity contribution is 0.0945. The number of hydrogen-bond donors (Lipinski definition) is 2. The molecule has 0 aliphatic carbocycles. The average molecular weight is 370 g/mol. The molecule has 0 unspecified atom stereocenters. The number of para-hydroxylation sites is 2. The molecule has 27 heavy (non-hydrogen) atoms. The van der Waals surface area contributed by atoms with Crippen LogP contribution in [0.4, 0.5) is 5.69 Å². The molecule has 2 rings (SSSR count). The minimum Gasteiger partial charge on any atom is -0.493 e. The van der Waals surface area contributed by atoms with Gasteiger partial charge in [0.05, 0.1) is 23.4 Å². The molecule has 2 aromatic rings. The Bertz CT molecular complexity index is 761. The zero-order valence-electron chi connectivity index (χ0n) is 15.8. The topological polar surface area (TPSA) is 76.7 Å². The molecule has 0 fully saturated rings. The highest BCUT2D eigenvalue weighted by Gasteiger charge is 2.16. The lowest BCUT2D eigenvalue weighted by atomic mass is 10.1. The quantitative estimate of drug-likeness (QED) is 0.628. The van der Waals surface area contributed by atoms with Crippen molar-refractivity contribution in [3.63, 3.8) is 0 Å². The molecule has 0 aliphatic heterocycles. The Kier molecular flexibility index (Phi) is 8.32. The van der Waals surface area contributed by atoms with Crippen LogP contribution in [0, 0.1) is 0 Å². The van der Waals surface area contributed by atoms with Gasteiger partial charge >= 0.3 is 0 Å². The zero-order valence-corrected chi connectivity index (χ0v) is 15.8. The third-order valence-corrected chi connectivity index (χ3v) is 3.81. The summed E-state index contributed by atoms with van der Waals surface area (Å²) in [5, 5.41) is 5.66. The van der Waals surface area contributed by atoms with E-state index in [9.17, 15) is 9.59 Å². The fourth-order valence-corrected chi connectivity index (χ4v) is 2.53. The largest absolute Gasteiger partial charge is 0.493 e. The summed E-state index contributed by atoms with van der Waals surface area (Å²) in [4.78, 5) is 25.1. The van der Waals surface area contributed by atoms with Crippen LogP contribution in [-0.4, -0.2) is 38.2 Å². The van der Waals surface area contributed by atoms with Crippen LogP contribution in [-0.2, 0) is 4.74 Å². The lowest BCUT2D eigenvalue weighted by Crippen LogP contribution is -2.27. The van der Waals surface area contributed by atoms with E-state index in [-0.39, 0.29) is 11.8 Å². The predicted octanol–water partition coefficient (Wildman–Crippen LogP) is 3.49. The maximum absolute atomic E-state index is 12.7. The Morgan fingerprint density at radius 1 is 0.889 bits per heavy atom. The second-order valence-electron chi connectivity index (χ2n) is 5.74. The van der Waals surface area contributed by atoms with Crippen LogP contribution in [0.15, 0.2) is 48.5 Å². The zero-order chi connectivity index (χ0) is 19.5. The predicted molar refractivity (Wildman–Crippen MR) is 105 cm³/mol. The molecule has 0 bridgehead atoms. The van der Waals surface area contributed by atoms with Gasteiger partial charge in [-0.1, -0.05) is 24.3 Å². The third-order valence-electron chi connectivity index (χ3n) is 3.81. The molecule has 0 atom stereocenters. The Morgan fingerprint density at radius 2 is 1.59 bits per heavy atom. The molecule has 0 spiro atoms. The number of anilines is 1. The minimum absolute atomic E-state index is 0.236. The smallest absolute Gasteiger partial charge is 0.259 e. The highest BCUT2D eigenvalue weighted by Crippen LogP contribution is 2.21. The first-order valence-electron chi connectivity index (χ1n) is 9.15. The second kappa shape index (κ2) is 11.0. The maximum Gasteiger partial charge on any atom is 0.259 e. The summed E-state index contributed by atoms with van der Waals surface area (Å²) >= 11 is 0. The van der Waals surface area contributed by atoms with E-state index in [1.807, 2.05) is 19.9 Å². The van der Waals surface area contributed by atoms with E-state index in [1.165, 1.54) is 0 Å². The van der Waals surface area contributed by atoms with Crippen molar-refractivity contribution in [1.29, 1.82) is 0 Å². The highest BCUT2D eigenvalue weighted by molar-refractivity contribution is 6.10. The van der Waals surface area contributed by atoms with E-state index in [2.05, 4.69) is 10.6 Å². The number of carbonyl (C=O) groups excluding carboxylic acids is 2. The third kappa shape index (κ3) is 6.11. The molecule has 6 nitrogen and oxygen atoms in total. The van der Waals surface area contributed by atoms with Crippen molar-refractivity contribution in [2.45, 2.75) is 20.3 Å². The molecular weight excluding hydrogens is 344 g/mol. The highest BCUT2D eigenvalue weighted by atomic mass is 16.5. The van der Waals surface area contributed by atoms with Gasteiger partial charge in [-0.05, 0) is 44.5 Å². The number of benzene rings is 2. The fraction of sp³-hybridized carbons (Fsp3) is 0.333.